The molecule has 2 rings (SSSR count). The van der Waals surface area contributed by atoms with Gasteiger partial charge in [0.25, 0.3) is 0 Å². The molecule has 0 aliphatic rings. The van der Waals surface area contributed by atoms with Crippen LogP contribution in [-0.4, -0.2) is 24.6 Å². The van der Waals surface area contributed by atoms with Crippen molar-refractivity contribution in [3.05, 3.63) is 64.7 Å². The lowest BCUT2D eigenvalue weighted by Crippen LogP contribution is -2.03. The van der Waals surface area contributed by atoms with Crippen molar-refractivity contribution in [1.29, 1.82) is 0 Å². The predicted octanol–water partition coefficient (Wildman–Crippen LogP) is 4.84. The second-order valence-electron chi connectivity index (χ2n) is 5.66. The van der Waals surface area contributed by atoms with Gasteiger partial charge in [0.05, 0.1) is 12.7 Å². The van der Waals surface area contributed by atoms with Crippen LogP contribution in [0.15, 0.2) is 42.5 Å². The third kappa shape index (κ3) is 5.20. The Kier molecular flexibility index (Phi) is 6.58. The number of hydrogen-bond acceptors (Lipinski definition) is 3. The summed E-state index contributed by atoms with van der Waals surface area (Å²) < 4.78 is 43.0. The Morgan fingerprint density at radius 2 is 1.81 bits per heavy atom. The molecule has 0 saturated carbocycles. The number of rotatable bonds is 7. The van der Waals surface area contributed by atoms with E-state index in [2.05, 4.69) is 0 Å². The van der Waals surface area contributed by atoms with E-state index in [-0.39, 0.29) is 18.8 Å². The van der Waals surface area contributed by atoms with Gasteiger partial charge in [0.2, 0.25) is 0 Å². The predicted molar refractivity (Wildman–Crippen MR) is 94.0 cm³/mol. The van der Waals surface area contributed by atoms with E-state index in [0.717, 1.165) is 12.1 Å². The van der Waals surface area contributed by atoms with Crippen LogP contribution < -0.4 is 4.74 Å². The van der Waals surface area contributed by atoms with Gasteiger partial charge in [-0.2, -0.15) is 13.2 Å². The van der Waals surface area contributed by atoms with E-state index in [1.807, 2.05) is 0 Å². The average molecular weight is 364 g/mol. The number of carbonyl (C=O) groups excluding carboxylic acids is 1. The zero-order valence-corrected chi connectivity index (χ0v) is 14.2. The van der Waals surface area contributed by atoms with Crippen LogP contribution in [-0.2, 0) is 6.18 Å². The first-order chi connectivity index (χ1) is 12.3. The third-order valence-corrected chi connectivity index (χ3v) is 3.81. The largest absolute Gasteiger partial charge is 0.496 e. The van der Waals surface area contributed by atoms with Gasteiger partial charge in [-0.15, -0.1) is 0 Å². The highest BCUT2D eigenvalue weighted by atomic mass is 19.4. The van der Waals surface area contributed by atoms with Crippen molar-refractivity contribution in [2.45, 2.75) is 19.0 Å². The summed E-state index contributed by atoms with van der Waals surface area (Å²) in [5.74, 6) is 0.456. The molecule has 0 atom stereocenters. The maximum Gasteiger partial charge on any atom is 0.416 e. The summed E-state index contributed by atoms with van der Waals surface area (Å²) in [6, 6.07) is 9.77. The number of ketones is 1. The molecule has 6 heteroatoms. The van der Waals surface area contributed by atoms with Crippen LogP contribution in [0.25, 0.3) is 12.2 Å². The van der Waals surface area contributed by atoms with Crippen LogP contribution in [0.3, 0.4) is 0 Å². The van der Waals surface area contributed by atoms with Crippen LogP contribution in [0.4, 0.5) is 13.2 Å². The molecule has 0 aromatic heterocycles. The quantitative estimate of drug-likeness (QED) is 0.565. The first-order valence-corrected chi connectivity index (χ1v) is 8.02. The van der Waals surface area contributed by atoms with Crippen LogP contribution in [0.5, 0.6) is 5.75 Å². The number of carbonyl (C=O) groups is 1. The molecule has 2 aromatic carbocycles. The standard InChI is InChI=1S/C20H19F3O3/c1-26-19-11-8-15(18(25)3-2-12-24)13-16(19)7-4-14-5-9-17(10-6-14)20(21,22)23/h4-11,13,24H,2-3,12H2,1H3/b7-4+. The molecule has 0 saturated heterocycles. The van der Waals surface area contributed by atoms with Gasteiger partial charge in [-0.25, -0.2) is 0 Å². The highest BCUT2D eigenvalue weighted by Gasteiger charge is 2.29. The molecule has 0 fully saturated rings. The number of alkyl halides is 3. The smallest absolute Gasteiger partial charge is 0.416 e. The molecule has 2 aromatic rings. The Bertz CT molecular complexity index is 778. The molecule has 0 amide bonds. The van der Waals surface area contributed by atoms with Crippen molar-refractivity contribution in [2.24, 2.45) is 0 Å². The lowest BCUT2D eigenvalue weighted by Gasteiger charge is -2.08. The summed E-state index contributed by atoms with van der Waals surface area (Å²) in [5.41, 5.74) is 1.02. The van der Waals surface area contributed by atoms with Crippen LogP contribution in [0.1, 0.15) is 39.9 Å². The fraction of sp³-hybridized carbons (Fsp3) is 0.250. The molecule has 0 spiro atoms. The monoisotopic (exact) mass is 364 g/mol. The summed E-state index contributed by atoms with van der Waals surface area (Å²) in [7, 11) is 1.50. The second-order valence-corrected chi connectivity index (χ2v) is 5.66. The Morgan fingerprint density at radius 3 is 2.38 bits per heavy atom. The zero-order valence-electron chi connectivity index (χ0n) is 14.2. The second kappa shape index (κ2) is 8.67. The van der Waals surface area contributed by atoms with Gasteiger partial charge < -0.3 is 9.84 Å². The molecule has 0 radical (unpaired) electrons. The SMILES string of the molecule is COc1ccc(C(=O)CCCO)cc1/C=C/c1ccc(C(F)(F)F)cc1. The van der Waals surface area contributed by atoms with Crippen LogP contribution in [0.2, 0.25) is 0 Å². The number of methoxy groups -OCH3 is 1. The molecule has 0 bridgehead atoms. The van der Waals surface area contributed by atoms with E-state index >= 15 is 0 Å². The minimum atomic E-state index is -4.37. The van der Waals surface area contributed by atoms with Gasteiger partial charge in [-0.1, -0.05) is 24.3 Å². The van der Waals surface area contributed by atoms with E-state index < -0.39 is 11.7 Å². The molecule has 0 aliphatic carbocycles. The first kappa shape index (κ1) is 19.7. The Morgan fingerprint density at radius 1 is 1.12 bits per heavy atom. The Labute approximate surface area is 149 Å². The van der Waals surface area contributed by atoms with Gasteiger partial charge in [-0.3, -0.25) is 4.79 Å². The molecule has 0 unspecified atom stereocenters. The highest BCUT2D eigenvalue weighted by molar-refractivity contribution is 5.97. The molecule has 1 N–H and O–H groups in total. The molecule has 0 heterocycles. The van der Waals surface area contributed by atoms with Gasteiger partial charge in [0, 0.05) is 24.2 Å². The van der Waals surface area contributed by atoms with Gasteiger partial charge in [-0.05, 0) is 42.3 Å². The number of Topliss-reactive ketones (excluding diaryl/α,β-unsaturated/α-hetero) is 1. The maximum absolute atomic E-state index is 12.6. The van der Waals surface area contributed by atoms with Crippen LogP contribution in [0, 0.1) is 0 Å². The molecule has 0 aliphatic heterocycles. The molecule has 26 heavy (non-hydrogen) atoms. The minimum absolute atomic E-state index is 0.0530. The van der Waals surface area contributed by atoms with E-state index in [1.165, 1.54) is 19.2 Å². The fourth-order valence-corrected chi connectivity index (χ4v) is 2.39. The summed E-state index contributed by atoms with van der Waals surface area (Å²) in [4.78, 5) is 12.1. The number of aliphatic hydroxyl groups excluding tert-OH is 1. The Hall–Kier alpha value is -2.60. The van der Waals surface area contributed by atoms with Gasteiger partial charge >= 0.3 is 6.18 Å². The number of hydrogen-bond donors (Lipinski definition) is 1. The summed E-state index contributed by atoms with van der Waals surface area (Å²) in [6.45, 7) is -0.0530. The van der Waals surface area contributed by atoms with E-state index in [9.17, 15) is 18.0 Å². The van der Waals surface area contributed by atoms with Crippen molar-refractivity contribution >= 4 is 17.9 Å². The van der Waals surface area contributed by atoms with Crippen molar-refractivity contribution in [2.75, 3.05) is 13.7 Å². The summed E-state index contributed by atoms with van der Waals surface area (Å²) >= 11 is 0. The Balaban J connectivity index is 2.23. The maximum atomic E-state index is 12.6. The highest BCUT2D eigenvalue weighted by Crippen LogP contribution is 2.29. The van der Waals surface area contributed by atoms with E-state index in [1.54, 1.807) is 30.4 Å². The lowest BCUT2D eigenvalue weighted by atomic mass is 10.0. The number of aliphatic hydroxyl groups is 1. The average Bonchev–Trinajstić information content (AvgIpc) is 2.63. The van der Waals surface area contributed by atoms with Crippen molar-refractivity contribution < 1.29 is 27.8 Å². The molecular formula is C20H19F3O3. The van der Waals surface area contributed by atoms with Gasteiger partial charge in [0.15, 0.2) is 5.78 Å². The van der Waals surface area contributed by atoms with E-state index in [4.69, 9.17) is 9.84 Å². The van der Waals surface area contributed by atoms with E-state index in [0.29, 0.717) is 28.9 Å². The molecule has 3 nitrogen and oxygen atoms in total. The van der Waals surface area contributed by atoms with Crippen molar-refractivity contribution in [3.63, 3.8) is 0 Å². The van der Waals surface area contributed by atoms with Crippen molar-refractivity contribution in [1.82, 2.24) is 0 Å². The van der Waals surface area contributed by atoms with Gasteiger partial charge in [0.1, 0.15) is 5.75 Å². The molecule has 138 valence electrons. The van der Waals surface area contributed by atoms with Crippen molar-refractivity contribution in [3.8, 4) is 5.75 Å². The fourth-order valence-electron chi connectivity index (χ4n) is 2.39. The lowest BCUT2D eigenvalue weighted by molar-refractivity contribution is -0.137. The topological polar surface area (TPSA) is 46.5 Å². The summed E-state index contributed by atoms with van der Waals surface area (Å²) in [5, 5.41) is 8.83. The minimum Gasteiger partial charge on any atom is -0.496 e. The summed E-state index contributed by atoms with van der Waals surface area (Å²) in [6.07, 6.45) is -0.397. The molecular weight excluding hydrogens is 345 g/mol. The normalized spacial score (nSPS) is 11.7. The third-order valence-electron chi connectivity index (χ3n) is 3.81. The number of ether oxygens (including phenoxy) is 1. The zero-order chi connectivity index (χ0) is 19.2. The first-order valence-electron chi connectivity index (χ1n) is 8.02. The number of halogens is 3. The number of benzene rings is 2. The van der Waals surface area contributed by atoms with Crippen LogP contribution >= 0.6 is 0 Å².